The van der Waals surface area contributed by atoms with Crippen LogP contribution in [0.4, 0.5) is 0 Å². The highest BCUT2D eigenvalue weighted by Gasteiger charge is 2.16. The molecule has 2 aromatic carbocycles. The Bertz CT molecular complexity index is 861. The molecule has 0 amide bonds. The van der Waals surface area contributed by atoms with Gasteiger partial charge in [0.2, 0.25) is 10.0 Å². The number of benzene rings is 2. The first kappa shape index (κ1) is 21.1. The fraction of sp³-hybridized carbons (Fsp3) is 0.400. The molecule has 27 heavy (non-hydrogen) atoms. The number of nitrogens with one attached hydrogen (secondary N) is 1. The van der Waals surface area contributed by atoms with Crippen molar-refractivity contribution in [3.05, 3.63) is 47.5 Å². The molecule has 0 atom stereocenters. The van der Waals surface area contributed by atoms with Crippen molar-refractivity contribution in [2.75, 3.05) is 27.9 Å². The zero-order valence-corrected chi connectivity index (χ0v) is 17.2. The smallest absolute Gasteiger partial charge is 0.240 e. The fourth-order valence-corrected chi connectivity index (χ4v) is 3.79. The average Bonchev–Trinajstić information content (AvgIpc) is 2.67. The maximum absolute atomic E-state index is 12.5. The number of sulfonamides is 1. The van der Waals surface area contributed by atoms with Gasteiger partial charge in [0.1, 0.15) is 5.75 Å². The van der Waals surface area contributed by atoms with Crippen molar-refractivity contribution in [1.82, 2.24) is 4.72 Å². The first-order valence-electron chi connectivity index (χ1n) is 8.71. The summed E-state index contributed by atoms with van der Waals surface area (Å²) < 4.78 is 43.7. The number of ether oxygens (including phenoxy) is 3. The lowest BCUT2D eigenvalue weighted by atomic mass is 10.0. The minimum atomic E-state index is -3.58. The van der Waals surface area contributed by atoms with Crippen LogP contribution in [0.2, 0.25) is 0 Å². The van der Waals surface area contributed by atoms with Crippen LogP contribution in [-0.2, 0) is 16.4 Å². The van der Waals surface area contributed by atoms with Gasteiger partial charge in [0, 0.05) is 18.2 Å². The van der Waals surface area contributed by atoms with Crippen LogP contribution in [0.5, 0.6) is 17.2 Å². The second kappa shape index (κ2) is 9.10. The Balaban J connectivity index is 2.13. The highest BCUT2D eigenvalue weighted by atomic mass is 32.2. The lowest BCUT2D eigenvalue weighted by Gasteiger charge is -2.15. The van der Waals surface area contributed by atoms with E-state index in [2.05, 4.69) is 18.6 Å². The summed E-state index contributed by atoms with van der Waals surface area (Å²) in [5.41, 5.74) is 1.90. The highest BCUT2D eigenvalue weighted by Crippen LogP contribution is 2.35. The Morgan fingerprint density at radius 2 is 1.63 bits per heavy atom. The molecule has 0 aliphatic heterocycles. The number of hydrogen-bond acceptors (Lipinski definition) is 5. The summed E-state index contributed by atoms with van der Waals surface area (Å²) in [6, 6.07) is 10.5. The summed E-state index contributed by atoms with van der Waals surface area (Å²) in [5.74, 6) is 2.08. The molecule has 0 heterocycles. The van der Waals surface area contributed by atoms with E-state index in [0.717, 1.165) is 11.1 Å². The van der Waals surface area contributed by atoms with Gasteiger partial charge >= 0.3 is 0 Å². The molecule has 0 saturated carbocycles. The summed E-state index contributed by atoms with van der Waals surface area (Å²) in [7, 11) is 1.08. The maximum Gasteiger partial charge on any atom is 0.240 e. The molecule has 2 rings (SSSR count). The number of hydrogen-bond donors (Lipinski definition) is 1. The van der Waals surface area contributed by atoms with E-state index < -0.39 is 10.0 Å². The first-order valence-corrected chi connectivity index (χ1v) is 10.2. The quantitative estimate of drug-likeness (QED) is 0.707. The Morgan fingerprint density at radius 1 is 0.963 bits per heavy atom. The van der Waals surface area contributed by atoms with E-state index in [0.29, 0.717) is 29.6 Å². The minimum absolute atomic E-state index is 0.223. The second-order valence-corrected chi connectivity index (χ2v) is 8.16. The molecule has 0 aromatic heterocycles. The Kier molecular flexibility index (Phi) is 7.10. The molecule has 0 aliphatic carbocycles. The fourth-order valence-electron chi connectivity index (χ4n) is 2.75. The molecular formula is C20H27NO5S. The molecule has 7 heteroatoms. The van der Waals surface area contributed by atoms with Gasteiger partial charge < -0.3 is 14.2 Å². The van der Waals surface area contributed by atoms with Gasteiger partial charge in [0.15, 0.2) is 11.5 Å². The minimum Gasteiger partial charge on any atom is -0.497 e. The monoisotopic (exact) mass is 393 g/mol. The molecule has 0 radical (unpaired) electrons. The first-order chi connectivity index (χ1) is 12.8. The van der Waals surface area contributed by atoms with Crippen LogP contribution < -0.4 is 18.9 Å². The van der Waals surface area contributed by atoms with E-state index in [1.807, 2.05) is 18.2 Å². The summed E-state index contributed by atoms with van der Waals surface area (Å²) in [6.45, 7) is 4.36. The Morgan fingerprint density at radius 3 is 2.15 bits per heavy atom. The van der Waals surface area contributed by atoms with Gasteiger partial charge in [-0.1, -0.05) is 26.0 Å². The third-order valence-electron chi connectivity index (χ3n) is 4.31. The van der Waals surface area contributed by atoms with Crippen molar-refractivity contribution in [2.45, 2.75) is 31.1 Å². The van der Waals surface area contributed by atoms with E-state index in [-0.39, 0.29) is 11.4 Å². The van der Waals surface area contributed by atoms with Crippen LogP contribution in [0.15, 0.2) is 41.3 Å². The van der Waals surface area contributed by atoms with Gasteiger partial charge in [0.05, 0.1) is 26.2 Å². The van der Waals surface area contributed by atoms with Gasteiger partial charge in [-0.25, -0.2) is 13.1 Å². The second-order valence-electron chi connectivity index (χ2n) is 6.39. The predicted octanol–water partition coefficient (Wildman–Crippen LogP) is 3.36. The number of methoxy groups -OCH3 is 3. The summed E-state index contributed by atoms with van der Waals surface area (Å²) in [4.78, 5) is 0.252. The van der Waals surface area contributed by atoms with Gasteiger partial charge in [0.25, 0.3) is 0 Å². The van der Waals surface area contributed by atoms with Crippen molar-refractivity contribution in [2.24, 2.45) is 0 Å². The molecule has 0 aliphatic rings. The predicted molar refractivity (Wildman–Crippen MR) is 106 cm³/mol. The van der Waals surface area contributed by atoms with E-state index in [9.17, 15) is 8.42 Å². The third kappa shape index (κ3) is 5.14. The lowest BCUT2D eigenvalue weighted by molar-refractivity contribution is 0.345. The van der Waals surface area contributed by atoms with Gasteiger partial charge in [-0.15, -0.1) is 0 Å². The molecule has 6 nitrogen and oxygen atoms in total. The molecule has 0 fully saturated rings. The molecule has 1 N–H and O–H groups in total. The van der Waals surface area contributed by atoms with Crippen LogP contribution >= 0.6 is 0 Å². The molecule has 0 unspecified atom stereocenters. The van der Waals surface area contributed by atoms with Crippen LogP contribution in [0, 0.1) is 0 Å². The SMILES string of the molecule is COc1cc(CCNS(=O)(=O)c2ccc(C(C)C)cc2)c(OC)c(OC)c1. The van der Waals surface area contributed by atoms with Crippen molar-refractivity contribution >= 4 is 10.0 Å². The van der Waals surface area contributed by atoms with Crippen LogP contribution in [0.1, 0.15) is 30.9 Å². The van der Waals surface area contributed by atoms with E-state index >= 15 is 0 Å². The summed E-state index contributed by atoms with van der Waals surface area (Å²) in [6.07, 6.45) is 0.431. The van der Waals surface area contributed by atoms with E-state index in [1.54, 1.807) is 39.5 Å². The molecular weight excluding hydrogens is 366 g/mol. The normalized spacial score (nSPS) is 11.5. The van der Waals surface area contributed by atoms with Gasteiger partial charge in [-0.3, -0.25) is 0 Å². The van der Waals surface area contributed by atoms with Crippen molar-refractivity contribution in [3.63, 3.8) is 0 Å². The average molecular weight is 394 g/mol. The third-order valence-corrected chi connectivity index (χ3v) is 5.79. The molecule has 0 saturated heterocycles. The molecule has 0 bridgehead atoms. The van der Waals surface area contributed by atoms with Gasteiger partial charge in [-0.2, -0.15) is 0 Å². The molecule has 2 aromatic rings. The van der Waals surface area contributed by atoms with Crippen LogP contribution in [-0.4, -0.2) is 36.3 Å². The molecule has 148 valence electrons. The van der Waals surface area contributed by atoms with E-state index in [4.69, 9.17) is 14.2 Å². The van der Waals surface area contributed by atoms with E-state index in [1.165, 1.54) is 0 Å². The Hall–Kier alpha value is -2.25. The number of rotatable bonds is 9. The van der Waals surface area contributed by atoms with Crippen molar-refractivity contribution in [3.8, 4) is 17.2 Å². The highest BCUT2D eigenvalue weighted by molar-refractivity contribution is 7.89. The zero-order chi connectivity index (χ0) is 20.0. The summed E-state index contributed by atoms with van der Waals surface area (Å²) in [5, 5.41) is 0. The largest absolute Gasteiger partial charge is 0.497 e. The standard InChI is InChI=1S/C20H27NO5S/c1-14(2)15-6-8-18(9-7-15)27(22,23)21-11-10-16-12-17(24-3)13-19(25-4)20(16)26-5/h6-9,12-14,21H,10-11H2,1-5H3. The van der Waals surface area contributed by atoms with Crippen LogP contribution in [0.25, 0.3) is 0 Å². The maximum atomic E-state index is 12.5. The Labute approximate surface area is 161 Å². The topological polar surface area (TPSA) is 73.9 Å². The van der Waals surface area contributed by atoms with Gasteiger partial charge in [-0.05, 0) is 36.1 Å². The van der Waals surface area contributed by atoms with Crippen LogP contribution in [0.3, 0.4) is 0 Å². The van der Waals surface area contributed by atoms with Crippen molar-refractivity contribution < 1.29 is 22.6 Å². The molecule has 0 spiro atoms. The van der Waals surface area contributed by atoms with Crippen molar-refractivity contribution in [1.29, 1.82) is 0 Å². The lowest BCUT2D eigenvalue weighted by Crippen LogP contribution is -2.26. The summed E-state index contributed by atoms with van der Waals surface area (Å²) >= 11 is 0. The zero-order valence-electron chi connectivity index (χ0n) is 16.4.